The first-order valence-corrected chi connectivity index (χ1v) is 9.09. The van der Waals surface area contributed by atoms with Crippen molar-refractivity contribution in [2.24, 2.45) is 0 Å². The molecule has 0 saturated carbocycles. The molecule has 7 nitrogen and oxygen atoms in total. The van der Waals surface area contributed by atoms with Crippen molar-refractivity contribution >= 4 is 21.6 Å². The summed E-state index contributed by atoms with van der Waals surface area (Å²) in [6, 6.07) is 2.96. The molecule has 0 unspecified atom stereocenters. The van der Waals surface area contributed by atoms with E-state index >= 15 is 0 Å². The van der Waals surface area contributed by atoms with Crippen molar-refractivity contribution < 1.29 is 22.7 Å². The lowest BCUT2D eigenvalue weighted by atomic mass is 10.1. The average molecular weight is 344 g/mol. The highest BCUT2D eigenvalue weighted by Gasteiger charge is 2.23. The molecular formula is C15H24N2O5S. The van der Waals surface area contributed by atoms with Crippen molar-refractivity contribution in [1.29, 1.82) is 0 Å². The van der Waals surface area contributed by atoms with Gasteiger partial charge in [0.1, 0.15) is 0 Å². The van der Waals surface area contributed by atoms with Gasteiger partial charge in [0.25, 0.3) is 5.91 Å². The normalized spacial score (nSPS) is 11.0. The fourth-order valence-electron chi connectivity index (χ4n) is 1.96. The number of nitrogens with one attached hydrogen (secondary N) is 1. The number of hydrogen-bond donors (Lipinski definition) is 1. The maximum atomic E-state index is 12.4. The molecule has 1 aromatic rings. The van der Waals surface area contributed by atoms with Crippen LogP contribution in [0.5, 0.6) is 11.5 Å². The molecule has 1 amide bonds. The number of sulfonamides is 1. The highest BCUT2D eigenvalue weighted by molar-refractivity contribution is 7.92. The molecule has 0 saturated heterocycles. The summed E-state index contributed by atoms with van der Waals surface area (Å²) >= 11 is 0. The minimum absolute atomic E-state index is 0.215. The molecule has 0 bridgehead atoms. The monoisotopic (exact) mass is 344 g/mol. The van der Waals surface area contributed by atoms with E-state index in [0.29, 0.717) is 18.0 Å². The van der Waals surface area contributed by atoms with Crippen LogP contribution in [0.25, 0.3) is 0 Å². The molecule has 0 aliphatic heterocycles. The molecule has 0 radical (unpaired) electrons. The third-order valence-electron chi connectivity index (χ3n) is 3.40. The molecule has 23 heavy (non-hydrogen) atoms. The van der Waals surface area contributed by atoms with Crippen LogP contribution in [0.15, 0.2) is 12.1 Å². The Bertz CT molecular complexity index is 658. The maximum absolute atomic E-state index is 12.4. The molecule has 130 valence electrons. The summed E-state index contributed by atoms with van der Waals surface area (Å²) in [6.45, 7) is 2.54. The smallest absolute Gasteiger partial charge is 0.253 e. The van der Waals surface area contributed by atoms with E-state index in [1.807, 2.05) is 6.92 Å². The summed E-state index contributed by atoms with van der Waals surface area (Å²) in [4.78, 5) is 12.4. The average Bonchev–Trinajstić information content (AvgIpc) is 2.51. The number of carbonyl (C=O) groups excluding carboxylic acids is 1. The van der Waals surface area contributed by atoms with E-state index in [1.54, 1.807) is 0 Å². The van der Waals surface area contributed by atoms with E-state index in [4.69, 9.17) is 9.47 Å². The molecule has 0 aliphatic carbocycles. The van der Waals surface area contributed by atoms with Gasteiger partial charge < -0.3 is 14.8 Å². The summed E-state index contributed by atoms with van der Waals surface area (Å²) < 4.78 is 35.1. The van der Waals surface area contributed by atoms with Gasteiger partial charge in [0.05, 0.1) is 31.7 Å². The van der Waals surface area contributed by atoms with Gasteiger partial charge in [0.2, 0.25) is 10.0 Å². The Morgan fingerprint density at radius 3 is 2.26 bits per heavy atom. The van der Waals surface area contributed by atoms with E-state index < -0.39 is 10.0 Å². The SMILES string of the molecule is CCCCNC(=O)c1cc(OC)c(OC)cc1N(C)S(C)(=O)=O. The van der Waals surface area contributed by atoms with E-state index in [1.165, 1.54) is 33.4 Å². The zero-order valence-electron chi connectivity index (χ0n) is 14.2. The van der Waals surface area contributed by atoms with E-state index in [2.05, 4.69) is 5.32 Å². The fraction of sp³-hybridized carbons (Fsp3) is 0.533. The van der Waals surface area contributed by atoms with Crippen LogP contribution >= 0.6 is 0 Å². The Balaban J connectivity index is 3.37. The highest BCUT2D eigenvalue weighted by atomic mass is 32.2. The standard InChI is InChI=1S/C15H24N2O5S/c1-6-7-8-16-15(18)11-9-13(21-3)14(22-4)10-12(11)17(2)23(5,19)20/h9-10H,6-8H2,1-5H3,(H,16,18). The summed E-state index contributed by atoms with van der Waals surface area (Å²) in [6.07, 6.45) is 2.86. The molecule has 0 heterocycles. The number of amides is 1. The van der Waals surface area contributed by atoms with Gasteiger partial charge in [-0.15, -0.1) is 0 Å². The molecule has 8 heteroatoms. The number of carbonyl (C=O) groups is 1. The van der Waals surface area contributed by atoms with E-state index in [9.17, 15) is 13.2 Å². The van der Waals surface area contributed by atoms with Crippen molar-refractivity contribution in [3.05, 3.63) is 17.7 Å². The molecule has 0 fully saturated rings. The molecule has 0 spiro atoms. The summed E-state index contributed by atoms with van der Waals surface area (Å²) in [7, 11) is 0.766. The molecule has 0 aromatic heterocycles. The third kappa shape index (κ3) is 4.75. The number of ether oxygens (including phenoxy) is 2. The number of methoxy groups -OCH3 is 2. The van der Waals surface area contributed by atoms with E-state index in [-0.39, 0.29) is 17.2 Å². The van der Waals surface area contributed by atoms with Crippen molar-refractivity contribution in [3.8, 4) is 11.5 Å². The van der Waals surface area contributed by atoms with Crippen LogP contribution in [0, 0.1) is 0 Å². The molecule has 1 aromatic carbocycles. The second kappa shape index (κ2) is 8.05. The topological polar surface area (TPSA) is 84.9 Å². The second-order valence-electron chi connectivity index (χ2n) is 5.06. The number of anilines is 1. The van der Waals surface area contributed by atoms with Crippen LogP contribution in [0.3, 0.4) is 0 Å². The van der Waals surface area contributed by atoms with Crippen molar-refractivity contribution in [3.63, 3.8) is 0 Å². The zero-order chi connectivity index (χ0) is 17.6. The van der Waals surface area contributed by atoms with E-state index in [0.717, 1.165) is 23.4 Å². The van der Waals surface area contributed by atoms with Crippen LogP contribution in [-0.4, -0.2) is 48.4 Å². The molecule has 0 atom stereocenters. The van der Waals surface area contributed by atoms with Gasteiger partial charge in [-0.25, -0.2) is 8.42 Å². The number of benzene rings is 1. The van der Waals surface area contributed by atoms with Gasteiger partial charge in [0.15, 0.2) is 11.5 Å². The first kappa shape index (κ1) is 19.1. The lowest BCUT2D eigenvalue weighted by Crippen LogP contribution is -2.30. The maximum Gasteiger partial charge on any atom is 0.253 e. The molecular weight excluding hydrogens is 320 g/mol. The summed E-state index contributed by atoms with van der Waals surface area (Å²) in [5, 5.41) is 2.78. The predicted octanol–water partition coefficient (Wildman–Crippen LogP) is 1.63. The van der Waals surface area contributed by atoms with Crippen molar-refractivity contribution in [1.82, 2.24) is 5.32 Å². The quantitative estimate of drug-likeness (QED) is 0.725. The van der Waals surface area contributed by atoms with Crippen LogP contribution in [0.4, 0.5) is 5.69 Å². The van der Waals surface area contributed by atoms with Gasteiger partial charge in [-0.05, 0) is 12.5 Å². The van der Waals surface area contributed by atoms with Crippen LogP contribution < -0.4 is 19.1 Å². The van der Waals surface area contributed by atoms with Crippen LogP contribution in [0.1, 0.15) is 30.1 Å². The second-order valence-corrected chi connectivity index (χ2v) is 7.08. The van der Waals surface area contributed by atoms with Gasteiger partial charge >= 0.3 is 0 Å². The summed E-state index contributed by atoms with van der Waals surface area (Å²) in [5.74, 6) is 0.354. The lowest BCUT2D eigenvalue weighted by molar-refractivity contribution is 0.0953. The van der Waals surface area contributed by atoms with Crippen LogP contribution in [-0.2, 0) is 10.0 Å². The summed E-state index contributed by atoms with van der Waals surface area (Å²) in [5.41, 5.74) is 0.450. The fourth-order valence-corrected chi connectivity index (χ4v) is 2.47. The highest BCUT2D eigenvalue weighted by Crippen LogP contribution is 2.35. The molecule has 1 N–H and O–H groups in total. The zero-order valence-corrected chi connectivity index (χ0v) is 15.0. The third-order valence-corrected chi connectivity index (χ3v) is 4.59. The van der Waals surface area contributed by atoms with Gasteiger partial charge in [-0.2, -0.15) is 0 Å². The van der Waals surface area contributed by atoms with Crippen molar-refractivity contribution in [2.75, 3.05) is 38.4 Å². The first-order chi connectivity index (χ1) is 10.8. The predicted molar refractivity (Wildman–Crippen MR) is 90.0 cm³/mol. The minimum atomic E-state index is -3.52. The Morgan fingerprint density at radius 1 is 1.22 bits per heavy atom. The molecule has 1 rings (SSSR count). The number of unbranched alkanes of at least 4 members (excludes halogenated alkanes) is 1. The number of nitrogens with zero attached hydrogens (tertiary/aromatic N) is 1. The minimum Gasteiger partial charge on any atom is -0.493 e. The first-order valence-electron chi connectivity index (χ1n) is 7.24. The Kier molecular flexibility index (Phi) is 6.68. The molecule has 0 aliphatic rings. The lowest BCUT2D eigenvalue weighted by Gasteiger charge is -2.22. The number of rotatable bonds is 8. The Labute approximate surface area is 137 Å². The largest absolute Gasteiger partial charge is 0.493 e. The Morgan fingerprint density at radius 2 is 1.78 bits per heavy atom. The number of hydrogen-bond acceptors (Lipinski definition) is 5. The van der Waals surface area contributed by atoms with Gasteiger partial charge in [-0.1, -0.05) is 13.3 Å². The van der Waals surface area contributed by atoms with Gasteiger partial charge in [0, 0.05) is 19.7 Å². The van der Waals surface area contributed by atoms with Gasteiger partial charge in [-0.3, -0.25) is 9.10 Å². The van der Waals surface area contributed by atoms with Crippen LogP contribution in [0.2, 0.25) is 0 Å². The Hall–Kier alpha value is -1.96. The van der Waals surface area contributed by atoms with Crippen molar-refractivity contribution in [2.45, 2.75) is 19.8 Å².